The summed E-state index contributed by atoms with van der Waals surface area (Å²) in [7, 11) is 0. The van der Waals surface area contributed by atoms with Crippen molar-refractivity contribution >= 4 is 29.2 Å². The van der Waals surface area contributed by atoms with Crippen LogP contribution in [0.5, 0.6) is 11.5 Å². The van der Waals surface area contributed by atoms with Crippen molar-refractivity contribution in [1.82, 2.24) is 4.90 Å². The van der Waals surface area contributed by atoms with Gasteiger partial charge in [-0.2, -0.15) is 0 Å². The van der Waals surface area contributed by atoms with Crippen molar-refractivity contribution in [3.05, 3.63) is 88.5 Å². The predicted octanol–water partition coefficient (Wildman–Crippen LogP) is 3.67. The first-order valence-electron chi connectivity index (χ1n) is 10.2. The number of fused-ring (bicyclic) bond motifs is 2. The highest BCUT2D eigenvalue weighted by atomic mass is 16.7. The van der Waals surface area contributed by atoms with Gasteiger partial charge in [-0.05, 0) is 36.8 Å². The highest BCUT2D eigenvalue weighted by molar-refractivity contribution is 6.22. The van der Waals surface area contributed by atoms with Crippen LogP contribution in [0.2, 0.25) is 0 Å². The average Bonchev–Trinajstić information content (AvgIpc) is 3.37. The lowest BCUT2D eigenvalue weighted by Gasteiger charge is -2.13. The van der Waals surface area contributed by atoms with Gasteiger partial charge >= 0.3 is 0 Å². The quantitative estimate of drug-likeness (QED) is 0.478. The molecular formula is C25H18N2O6. The molecule has 33 heavy (non-hydrogen) atoms. The largest absolute Gasteiger partial charge is 0.454 e. The van der Waals surface area contributed by atoms with Crippen molar-refractivity contribution in [2.45, 2.75) is 13.5 Å². The van der Waals surface area contributed by atoms with E-state index in [0.29, 0.717) is 11.5 Å². The Morgan fingerprint density at radius 1 is 0.909 bits per heavy atom. The van der Waals surface area contributed by atoms with Crippen LogP contribution in [0.15, 0.2) is 60.7 Å². The molecule has 0 aliphatic carbocycles. The maximum atomic E-state index is 12.9. The number of nitrogens with zero attached hydrogens (tertiary/aromatic N) is 1. The molecule has 8 heteroatoms. The van der Waals surface area contributed by atoms with Crippen molar-refractivity contribution in [2.24, 2.45) is 0 Å². The fourth-order valence-corrected chi connectivity index (χ4v) is 3.87. The molecule has 0 spiro atoms. The Kier molecular flexibility index (Phi) is 4.90. The Balaban J connectivity index is 1.41. The van der Waals surface area contributed by atoms with Crippen LogP contribution in [-0.2, 0) is 6.54 Å². The van der Waals surface area contributed by atoms with Crippen LogP contribution in [0.3, 0.4) is 0 Å². The standard InChI is InChI=1S/C25H18N2O6/c1-14(28)18-10-21-22(33-13-32-21)11-20(18)26-23(29)16-7-8-17-19(9-16)25(31)27(24(17)30)12-15-5-3-2-4-6-15/h2-11H,12-13H2,1H3,(H,26,29). The van der Waals surface area contributed by atoms with Gasteiger partial charge in [0, 0.05) is 17.2 Å². The van der Waals surface area contributed by atoms with Crippen LogP contribution in [0.4, 0.5) is 5.69 Å². The minimum atomic E-state index is -0.527. The van der Waals surface area contributed by atoms with E-state index in [1.165, 1.54) is 37.3 Å². The lowest BCUT2D eigenvalue weighted by molar-refractivity contribution is 0.0642. The second-order valence-corrected chi connectivity index (χ2v) is 7.70. The van der Waals surface area contributed by atoms with E-state index in [4.69, 9.17) is 9.47 Å². The van der Waals surface area contributed by atoms with Crippen LogP contribution >= 0.6 is 0 Å². The monoisotopic (exact) mass is 442 g/mol. The number of carbonyl (C=O) groups is 4. The molecule has 2 heterocycles. The Morgan fingerprint density at radius 2 is 1.61 bits per heavy atom. The summed E-state index contributed by atoms with van der Waals surface area (Å²) in [6, 6.07) is 16.6. The molecule has 0 unspecified atom stereocenters. The minimum Gasteiger partial charge on any atom is -0.454 e. The molecule has 8 nitrogen and oxygen atoms in total. The van der Waals surface area contributed by atoms with Crippen LogP contribution < -0.4 is 14.8 Å². The number of hydrogen-bond acceptors (Lipinski definition) is 6. The molecule has 0 atom stereocenters. The van der Waals surface area contributed by atoms with Crippen molar-refractivity contribution in [1.29, 1.82) is 0 Å². The first kappa shape index (κ1) is 20.4. The number of amides is 3. The van der Waals surface area contributed by atoms with Gasteiger partial charge in [0.15, 0.2) is 17.3 Å². The normalized spacial score (nSPS) is 13.8. The molecule has 0 aromatic heterocycles. The second kappa shape index (κ2) is 7.90. The number of hydrogen-bond donors (Lipinski definition) is 1. The molecule has 3 aromatic rings. The third kappa shape index (κ3) is 3.61. The molecule has 0 saturated carbocycles. The Labute approximate surface area is 188 Å². The minimum absolute atomic E-state index is 0.0323. The van der Waals surface area contributed by atoms with Gasteiger partial charge in [0.2, 0.25) is 6.79 Å². The molecule has 0 saturated heterocycles. The summed E-state index contributed by atoms with van der Waals surface area (Å²) in [6.45, 7) is 1.56. The third-order valence-corrected chi connectivity index (χ3v) is 5.56. The first-order valence-corrected chi connectivity index (χ1v) is 10.2. The topological polar surface area (TPSA) is 102 Å². The van der Waals surface area contributed by atoms with E-state index < -0.39 is 17.7 Å². The molecule has 2 aliphatic heterocycles. The van der Waals surface area contributed by atoms with E-state index in [9.17, 15) is 19.2 Å². The Bertz CT molecular complexity index is 1330. The van der Waals surface area contributed by atoms with E-state index in [1.54, 1.807) is 0 Å². The summed E-state index contributed by atoms with van der Waals surface area (Å²) in [5, 5.41) is 2.70. The molecule has 164 valence electrons. The van der Waals surface area contributed by atoms with Crippen LogP contribution in [0, 0.1) is 0 Å². The SMILES string of the molecule is CC(=O)c1cc2c(cc1NC(=O)c1ccc3c(c1)C(=O)N(Cc1ccccc1)C3=O)OCO2. The molecule has 0 bridgehead atoms. The summed E-state index contributed by atoms with van der Waals surface area (Å²) in [5.41, 5.74) is 1.97. The average molecular weight is 442 g/mol. The third-order valence-electron chi connectivity index (χ3n) is 5.56. The molecule has 5 rings (SSSR count). The molecule has 0 fully saturated rings. The van der Waals surface area contributed by atoms with Gasteiger partial charge in [-0.15, -0.1) is 0 Å². The van der Waals surface area contributed by atoms with Crippen molar-refractivity contribution in [3.8, 4) is 11.5 Å². The summed E-state index contributed by atoms with van der Waals surface area (Å²) >= 11 is 0. The van der Waals surface area contributed by atoms with E-state index in [1.807, 2.05) is 30.3 Å². The van der Waals surface area contributed by atoms with Gasteiger partial charge < -0.3 is 14.8 Å². The van der Waals surface area contributed by atoms with E-state index in [0.717, 1.165) is 10.5 Å². The first-order chi connectivity index (χ1) is 15.9. The number of anilines is 1. The molecule has 0 radical (unpaired) electrons. The molecule has 3 amide bonds. The fourth-order valence-electron chi connectivity index (χ4n) is 3.87. The number of carbonyl (C=O) groups excluding carboxylic acids is 4. The Morgan fingerprint density at radius 3 is 2.33 bits per heavy atom. The summed E-state index contributed by atoms with van der Waals surface area (Å²) < 4.78 is 10.6. The van der Waals surface area contributed by atoms with E-state index in [-0.39, 0.29) is 47.1 Å². The van der Waals surface area contributed by atoms with Crippen LogP contribution in [0.25, 0.3) is 0 Å². The maximum absolute atomic E-state index is 12.9. The number of imide groups is 1. The van der Waals surface area contributed by atoms with Crippen LogP contribution in [-0.4, -0.2) is 35.2 Å². The number of ketones is 1. The fraction of sp³-hybridized carbons (Fsp3) is 0.120. The smallest absolute Gasteiger partial charge is 0.261 e. The number of ether oxygens (including phenoxy) is 2. The zero-order chi connectivity index (χ0) is 23.1. The number of benzene rings is 3. The molecule has 1 N–H and O–H groups in total. The highest BCUT2D eigenvalue weighted by Gasteiger charge is 2.36. The van der Waals surface area contributed by atoms with Gasteiger partial charge in [0.05, 0.1) is 23.4 Å². The molecule has 2 aliphatic rings. The van der Waals surface area contributed by atoms with Gasteiger partial charge in [0.25, 0.3) is 17.7 Å². The predicted molar refractivity (Wildman–Crippen MR) is 118 cm³/mol. The summed E-state index contributed by atoms with van der Waals surface area (Å²) in [4.78, 5) is 51.8. The maximum Gasteiger partial charge on any atom is 0.261 e. The lowest BCUT2D eigenvalue weighted by atomic mass is 10.0. The second-order valence-electron chi connectivity index (χ2n) is 7.70. The molecular weight excluding hydrogens is 424 g/mol. The van der Waals surface area contributed by atoms with Gasteiger partial charge in [-0.1, -0.05) is 30.3 Å². The lowest BCUT2D eigenvalue weighted by Crippen LogP contribution is -2.29. The number of nitrogens with one attached hydrogen (secondary N) is 1. The number of Topliss-reactive ketones (excluding diaryl/α,β-unsaturated/α-hetero) is 1. The van der Waals surface area contributed by atoms with Gasteiger partial charge in [0.1, 0.15) is 0 Å². The summed E-state index contributed by atoms with van der Waals surface area (Å²) in [5.74, 6) is -0.794. The highest BCUT2D eigenvalue weighted by Crippen LogP contribution is 2.37. The van der Waals surface area contributed by atoms with Crippen molar-refractivity contribution < 1.29 is 28.7 Å². The van der Waals surface area contributed by atoms with Crippen LogP contribution in [0.1, 0.15) is 53.9 Å². The van der Waals surface area contributed by atoms with Crippen molar-refractivity contribution in [2.75, 3.05) is 12.1 Å². The van der Waals surface area contributed by atoms with Crippen molar-refractivity contribution in [3.63, 3.8) is 0 Å². The van der Waals surface area contributed by atoms with E-state index in [2.05, 4.69) is 5.32 Å². The Hall–Kier alpha value is -4.46. The number of rotatable bonds is 5. The van der Waals surface area contributed by atoms with E-state index >= 15 is 0 Å². The summed E-state index contributed by atoms with van der Waals surface area (Å²) in [6.07, 6.45) is 0. The van der Waals surface area contributed by atoms with Gasteiger partial charge in [-0.25, -0.2) is 0 Å². The van der Waals surface area contributed by atoms with Gasteiger partial charge in [-0.3, -0.25) is 24.1 Å². The zero-order valence-electron chi connectivity index (χ0n) is 17.6. The zero-order valence-corrected chi connectivity index (χ0v) is 17.6. The molecule has 3 aromatic carbocycles.